The highest BCUT2D eigenvalue weighted by molar-refractivity contribution is 6.29. The molecule has 0 rings (SSSR count). The lowest BCUT2D eigenvalue weighted by Crippen LogP contribution is -2.17. The van der Waals surface area contributed by atoms with E-state index in [0.29, 0.717) is 5.71 Å². The standard InChI is InChI=1S/C7H12N4O2/c1-5(9-11-7(3)13)4-8-10-6(2)12/h4H,1-3H3,(H,10,12)(H,11,13)/b8-4+,9-5+. The van der Waals surface area contributed by atoms with Crippen LogP contribution in [-0.2, 0) is 9.59 Å². The van der Waals surface area contributed by atoms with Gasteiger partial charge in [0.05, 0.1) is 11.9 Å². The normalized spacial score (nSPS) is 11.5. The molecular weight excluding hydrogens is 172 g/mol. The number of carbonyl (C=O) groups is 2. The van der Waals surface area contributed by atoms with Gasteiger partial charge in [0, 0.05) is 13.8 Å². The summed E-state index contributed by atoms with van der Waals surface area (Å²) in [6.07, 6.45) is 1.33. The molecule has 0 aliphatic carbocycles. The van der Waals surface area contributed by atoms with Crippen LogP contribution < -0.4 is 10.9 Å². The fraction of sp³-hybridized carbons (Fsp3) is 0.429. The zero-order valence-electron chi connectivity index (χ0n) is 7.79. The number of hydrogen-bond acceptors (Lipinski definition) is 4. The van der Waals surface area contributed by atoms with Crippen LogP contribution in [0.1, 0.15) is 20.8 Å². The number of nitrogens with zero attached hydrogens (tertiary/aromatic N) is 2. The van der Waals surface area contributed by atoms with Gasteiger partial charge in [-0.1, -0.05) is 0 Å². The number of amides is 2. The number of rotatable bonds is 3. The van der Waals surface area contributed by atoms with E-state index in [9.17, 15) is 9.59 Å². The van der Waals surface area contributed by atoms with Crippen LogP contribution in [0.15, 0.2) is 10.2 Å². The Morgan fingerprint density at radius 1 is 1.08 bits per heavy atom. The molecule has 6 heteroatoms. The molecule has 0 aliphatic rings. The molecule has 0 saturated carbocycles. The van der Waals surface area contributed by atoms with Crippen LogP contribution in [0.4, 0.5) is 0 Å². The Kier molecular flexibility index (Phi) is 5.09. The highest BCUT2D eigenvalue weighted by Crippen LogP contribution is 1.70. The Labute approximate surface area is 76.1 Å². The van der Waals surface area contributed by atoms with E-state index in [-0.39, 0.29) is 11.8 Å². The van der Waals surface area contributed by atoms with Gasteiger partial charge in [-0.05, 0) is 6.92 Å². The van der Waals surface area contributed by atoms with Crippen LogP contribution in [0.3, 0.4) is 0 Å². The maximum atomic E-state index is 10.4. The van der Waals surface area contributed by atoms with E-state index in [0.717, 1.165) is 0 Å². The molecule has 0 radical (unpaired) electrons. The van der Waals surface area contributed by atoms with Gasteiger partial charge in [-0.25, -0.2) is 10.9 Å². The summed E-state index contributed by atoms with van der Waals surface area (Å²) in [5, 5.41) is 7.18. The van der Waals surface area contributed by atoms with Gasteiger partial charge in [0.25, 0.3) is 0 Å². The summed E-state index contributed by atoms with van der Waals surface area (Å²) in [6.45, 7) is 4.33. The lowest BCUT2D eigenvalue weighted by molar-refractivity contribution is -0.119. The smallest absolute Gasteiger partial charge is 0.236 e. The summed E-state index contributed by atoms with van der Waals surface area (Å²) in [7, 11) is 0. The van der Waals surface area contributed by atoms with E-state index < -0.39 is 0 Å². The van der Waals surface area contributed by atoms with Gasteiger partial charge in [-0.2, -0.15) is 10.2 Å². The first-order valence-corrected chi connectivity index (χ1v) is 3.63. The molecule has 6 nitrogen and oxygen atoms in total. The van der Waals surface area contributed by atoms with Crippen LogP contribution in [0.25, 0.3) is 0 Å². The fourth-order valence-electron chi connectivity index (χ4n) is 0.412. The van der Waals surface area contributed by atoms with Crippen LogP contribution in [-0.4, -0.2) is 23.7 Å². The van der Waals surface area contributed by atoms with Crippen molar-refractivity contribution < 1.29 is 9.59 Å². The van der Waals surface area contributed by atoms with Crippen LogP contribution in [0.5, 0.6) is 0 Å². The molecule has 0 bridgehead atoms. The van der Waals surface area contributed by atoms with Crippen molar-refractivity contribution in [2.45, 2.75) is 20.8 Å². The highest BCUT2D eigenvalue weighted by atomic mass is 16.2. The molecule has 0 heterocycles. The molecule has 72 valence electrons. The second-order valence-electron chi connectivity index (χ2n) is 2.35. The van der Waals surface area contributed by atoms with Gasteiger partial charge in [-0.15, -0.1) is 0 Å². The van der Waals surface area contributed by atoms with Crippen molar-refractivity contribution in [1.29, 1.82) is 0 Å². The first-order chi connectivity index (χ1) is 6.02. The summed E-state index contributed by atoms with van der Waals surface area (Å²) < 4.78 is 0. The summed E-state index contributed by atoms with van der Waals surface area (Å²) in [5.74, 6) is -0.518. The van der Waals surface area contributed by atoms with Crippen molar-refractivity contribution >= 4 is 23.7 Å². The van der Waals surface area contributed by atoms with E-state index in [1.54, 1.807) is 6.92 Å². The zero-order valence-corrected chi connectivity index (χ0v) is 7.79. The second-order valence-corrected chi connectivity index (χ2v) is 2.35. The lowest BCUT2D eigenvalue weighted by Gasteiger charge is -1.93. The van der Waals surface area contributed by atoms with Crippen LogP contribution >= 0.6 is 0 Å². The maximum Gasteiger partial charge on any atom is 0.236 e. The molecule has 0 aromatic rings. The molecule has 2 N–H and O–H groups in total. The molecular formula is C7H12N4O2. The van der Waals surface area contributed by atoms with E-state index in [4.69, 9.17) is 0 Å². The average molecular weight is 184 g/mol. The maximum absolute atomic E-state index is 10.4. The van der Waals surface area contributed by atoms with Crippen LogP contribution in [0, 0.1) is 0 Å². The number of hydrazone groups is 2. The first-order valence-electron chi connectivity index (χ1n) is 3.63. The van der Waals surface area contributed by atoms with E-state index >= 15 is 0 Å². The average Bonchev–Trinajstić information content (AvgIpc) is 2.00. The third-order valence-corrected chi connectivity index (χ3v) is 0.863. The Hall–Kier alpha value is -1.72. The first kappa shape index (κ1) is 11.3. The summed E-state index contributed by atoms with van der Waals surface area (Å²) >= 11 is 0. The zero-order chi connectivity index (χ0) is 10.3. The summed E-state index contributed by atoms with van der Waals surface area (Å²) in [4.78, 5) is 20.8. The molecule has 0 aromatic carbocycles. The molecule has 0 atom stereocenters. The number of hydrogen-bond donors (Lipinski definition) is 2. The van der Waals surface area contributed by atoms with Crippen molar-refractivity contribution in [3.63, 3.8) is 0 Å². The van der Waals surface area contributed by atoms with E-state index in [1.807, 2.05) is 0 Å². The molecule has 0 unspecified atom stereocenters. The van der Waals surface area contributed by atoms with Gasteiger partial charge >= 0.3 is 0 Å². The minimum absolute atomic E-state index is 0.257. The minimum Gasteiger partial charge on any atom is -0.274 e. The van der Waals surface area contributed by atoms with E-state index in [2.05, 4.69) is 21.1 Å². The van der Waals surface area contributed by atoms with Crippen LogP contribution in [0.2, 0.25) is 0 Å². The molecule has 0 saturated heterocycles. The van der Waals surface area contributed by atoms with Crippen molar-refractivity contribution in [2.24, 2.45) is 10.2 Å². The molecule has 2 amide bonds. The predicted octanol–water partition coefficient (Wildman–Crippen LogP) is -0.380. The Morgan fingerprint density at radius 2 is 1.62 bits per heavy atom. The van der Waals surface area contributed by atoms with Gasteiger partial charge in [-0.3, -0.25) is 9.59 Å². The SMILES string of the molecule is CC(=O)N/N=C/C(C)=N/NC(C)=O. The lowest BCUT2D eigenvalue weighted by atomic mass is 10.5. The predicted molar refractivity (Wildman–Crippen MR) is 49.2 cm³/mol. The minimum atomic E-state index is -0.261. The Bertz CT molecular complexity index is 257. The monoisotopic (exact) mass is 184 g/mol. The van der Waals surface area contributed by atoms with Crippen molar-refractivity contribution in [2.75, 3.05) is 0 Å². The number of nitrogens with one attached hydrogen (secondary N) is 2. The second kappa shape index (κ2) is 5.87. The van der Waals surface area contributed by atoms with Crippen molar-refractivity contribution in [3.8, 4) is 0 Å². The molecule has 13 heavy (non-hydrogen) atoms. The molecule has 0 fully saturated rings. The Balaban J connectivity index is 3.91. The molecule has 0 spiro atoms. The third kappa shape index (κ3) is 8.18. The highest BCUT2D eigenvalue weighted by Gasteiger charge is 1.88. The molecule has 0 aliphatic heterocycles. The van der Waals surface area contributed by atoms with Gasteiger partial charge in [0.1, 0.15) is 0 Å². The van der Waals surface area contributed by atoms with Gasteiger partial charge in [0.15, 0.2) is 0 Å². The van der Waals surface area contributed by atoms with Gasteiger partial charge in [0.2, 0.25) is 11.8 Å². The summed E-state index contributed by atoms with van der Waals surface area (Å²) in [5.41, 5.74) is 4.92. The van der Waals surface area contributed by atoms with Gasteiger partial charge < -0.3 is 0 Å². The summed E-state index contributed by atoms with van der Waals surface area (Å²) in [6, 6.07) is 0. The van der Waals surface area contributed by atoms with Crippen molar-refractivity contribution in [3.05, 3.63) is 0 Å². The molecule has 0 aromatic heterocycles. The number of carbonyl (C=O) groups excluding carboxylic acids is 2. The quantitative estimate of drug-likeness (QED) is 0.463. The topological polar surface area (TPSA) is 82.9 Å². The van der Waals surface area contributed by atoms with Crippen molar-refractivity contribution in [1.82, 2.24) is 10.9 Å². The largest absolute Gasteiger partial charge is 0.274 e. The van der Waals surface area contributed by atoms with E-state index in [1.165, 1.54) is 20.1 Å². The Morgan fingerprint density at radius 3 is 2.08 bits per heavy atom. The third-order valence-electron chi connectivity index (χ3n) is 0.863. The fourth-order valence-corrected chi connectivity index (χ4v) is 0.412.